The van der Waals surface area contributed by atoms with Crippen LogP contribution in [-0.4, -0.2) is 4.98 Å². The summed E-state index contributed by atoms with van der Waals surface area (Å²) in [5.41, 5.74) is 0. The van der Waals surface area contributed by atoms with Crippen LogP contribution in [0.5, 0.6) is 0 Å². The number of benzene rings is 1. The first kappa shape index (κ1) is 7.74. The molecule has 0 radical (unpaired) electrons. The third kappa shape index (κ3) is 1.06. The topological polar surface area (TPSA) is 12.9 Å². The first-order chi connectivity index (χ1) is 6.95. The van der Waals surface area contributed by atoms with Crippen molar-refractivity contribution in [3.8, 4) is 0 Å². The Morgan fingerprint density at radius 2 is 1.86 bits per heavy atom. The molecule has 0 saturated carbocycles. The molecule has 2 aromatic rings. The molecule has 0 spiro atoms. The van der Waals surface area contributed by atoms with Crippen molar-refractivity contribution in [2.24, 2.45) is 0 Å². The lowest BCUT2D eigenvalue weighted by Gasteiger charge is -2.02. The van der Waals surface area contributed by atoms with Gasteiger partial charge in [-0.15, -0.1) is 0 Å². The van der Waals surface area contributed by atoms with Crippen molar-refractivity contribution in [3.63, 3.8) is 0 Å². The summed E-state index contributed by atoms with van der Waals surface area (Å²) >= 11 is 0. The summed E-state index contributed by atoms with van der Waals surface area (Å²) in [7, 11) is 0. The van der Waals surface area contributed by atoms with Crippen LogP contribution in [-0.2, 0) is 0 Å². The third-order valence-electron chi connectivity index (χ3n) is 2.72. The third-order valence-corrected chi connectivity index (χ3v) is 2.72. The first-order valence-electron chi connectivity index (χ1n) is 4.99. The van der Waals surface area contributed by atoms with E-state index in [-0.39, 0.29) is 0 Å². The Bertz CT molecular complexity index is 596. The zero-order valence-electron chi connectivity index (χ0n) is 7.90. The highest BCUT2D eigenvalue weighted by atomic mass is 14.6. The van der Waals surface area contributed by atoms with Crippen molar-refractivity contribution in [2.45, 2.75) is 12.8 Å². The van der Waals surface area contributed by atoms with Gasteiger partial charge in [-0.25, -0.2) is 0 Å². The molecule has 0 bridgehead atoms. The fraction of sp³-hybridized carbons (Fsp3) is 0.154. The fourth-order valence-corrected chi connectivity index (χ4v) is 2.03. The molecule has 1 aliphatic carbocycles. The zero-order valence-corrected chi connectivity index (χ0v) is 7.90. The molecule has 0 aliphatic heterocycles. The van der Waals surface area contributed by atoms with Gasteiger partial charge in [0.1, 0.15) is 0 Å². The zero-order chi connectivity index (χ0) is 9.38. The molecule has 1 aliphatic rings. The van der Waals surface area contributed by atoms with Crippen LogP contribution in [0.2, 0.25) is 0 Å². The monoisotopic (exact) mass is 181 g/mol. The molecule has 1 heterocycles. The van der Waals surface area contributed by atoms with E-state index in [2.05, 4.69) is 41.4 Å². The fourth-order valence-electron chi connectivity index (χ4n) is 2.03. The highest BCUT2D eigenvalue weighted by Gasteiger charge is 1.99. The number of pyridine rings is 1. The van der Waals surface area contributed by atoms with E-state index in [1.54, 1.807) is 0 Å². The van der Waals surface area contributed by atoms with Crippen molar-refractivity contribution in [2.75, 3.05) is 0 Å². The Balaban J connectivity index is 2.60. The second-order valence-electron chi connectivity index (χ2n) is 3.63. The summed E-state index contributed by atoms with van der Waals surface area (Å²) in [5, 5.41) is 5.02. The minimum Gasteiger partial charge on any atom is -0.256 e. The minimum atomic E-state index is 1.12. The van der Waals surface area contributed by atoms with Gasteiger partial charge in [0, 0.05) is 16.8 Å². The Labute approximate surface area is 82.4 Å². The molecular weight excluding hydrogens is 170 g/mol. The highest BCUT2D eigenvalue weighted by Crippen LogP contribution is 2.07. The van der Waals surface area contributed by atoms with Crippen LogP contribution in [0.3, 0.4) is 0 Å². The van der Waals surface area contributed by atoms with Crippen LogP contribution in [0.4, 0.5) is 0 Å². The SMILES string of the molecule is C1=c2ncc3ccccc3c2=CCC1. The van der Waals surface area contributed by atoms with Crippen molar-refractivity contribution in [3.05, 3.63) is 41.0 Å². The van der Waals surface area contributed by atoms with Crippen LogP contribution < -0.4 is 10.6 Å². The molecule has 68 valence electrons. The molecule has 0 N–H and O–H groups in total. The average Bonchev–Trinajstić information content (AvgIpc) is 2.29. The van der Waals surface area contributed by atoms with E-state index in [9.17, 15) is 0 Å². The van der Waals surface area contributed by atoms with E-state index < -0.39 is 0 Å². The van der Waals surface area contributed by atoms with E-state index in [0.717, 1.165) is 18.2 Å². The van der Waals surface area contributed by atoms with Crippen LogP contribution >= 0.6 is 0 Å². The second-order valence-corrected chi connectivity index (χ2v) is 3.63. The highest BCUT2D eigenvalue weighted by molar-refractivity contribution is 5.82. The Morgan fingerprint density at radius 1 is 1.00 bits per heavy atom. The quantitative estimate of drug-likeness (QED) is 0.601. The lowest BCUT2D eigenvalue weighted by Crippen LogP contribution is -2.30. The number of hydrogen-bond acceptors (Lipinski definition) is 1. The molecule has 0 atom stereocenters. The van der Waals surface area contributed by atoms with Crippen molar-refractivity contribution < 1.29 is 0 Å². The lowest BCUT2D eigenvalue weighted by atomic mass is 10.1. The van der Waals surface area contributed by atoms with Gasteiger partial charge >= 0.3 is 0 Å². The molecule has 1 aromatic carbocycles. The number of fused-ring (bicyclic) bond motifs is 3. The summed E-state index contributed by atoms with van der Waals surface area (Å²) in [5.74, 6) is 0. The van der Waals surface area contributed by atoms with Gasteiger partial charge in [0.2, 0.25) is 0 Å². The summed E-state index contributed by atoms with van der Waals surface area (Å²) in [6.07, 6.45) is 8.75. The lowest BCUT2D eigenvalue weighted by molar-refractivity contribution is 1.09. The largest absolute Gasteiger partial charge is 0.256 e. The first-order valence-corrected chi connectivity index (χ1v) is 4.99. The van der Waals surface area contributed by atoms with Gasteiger partial charge in [0.25, 0.3) is 0 Å². The summed E-state index contributed by atoms with van der Waals surface area (Å²) < 4.78 is 0. The summed E-state index contributed by atoms with van der Waals surface area (Å²) in [6, 6.07) is 8.44. The van der Waals surface area contributed by atoms with E-state index in [1.165, 1.54) is 16.0 Å². The van der Waals surface area contributed by atoms with Gasteiger partial charge in [-0.05, 0) is 18.2 Å². The van der Waals surface area contributed by atoms with Crippen molar-refractivity contribution in [1.82, 2.24) is 4.98 Å². The van der Waals surface area contributed by atoms with E-state index in [0.29, 0.717) is 0 Å². The maximum absolute atomic E-state index is 4.46. The molecule has 14 heavy (non-hydrogen) atoms. The van der Waals surface area contributed by atoms with Gasteiger partial charge in [0.05, 0.1) is 5.35 Å². The standard InChI is InChI=1S/C13H11N/c1-2-6-11-10(5-1)9-14-13-8-4-3-7-12(11)13/h1-2,5-9H,3-4H2. The molecule has 1 aromatic heterocycles. The number of rotatable bonds is 0. The molecule has 0 saturated heterocycles. The maximum Gasteiger partial charge on any atom is 0.0665 e. The van der Waals surface area contributed by atoms with Crippen LogP contribution in [0.15, 0.2) is 30.5 Å². The van der Waals surface area contributed by atoms with Crippen LogP contribution in [0, 0.1) is 0 Å². The van der Waals surface area contributed by atoms with Gasteiger partial charge in [-0.3, -0.25) is 4.98 Å². The van der Waals surface area contributed by atoms with Gasteiger partial charge in [-0.2, -0.15) is 0 Å². The average molecular weight is 181 g/mol. The predicted octanol–water partition coefficient (Wildman–Crippen LogP) is 1.59. The second kappa shape index (κ2) is 2.95. The maximum atomic E-state index is 4.46. The Hall–Kier alpha value is -1.63. The summed E-state index contributed by atoms with van der Waals surface area (Å²) in [6.45, 7) is 0. The van der Waals surface area contributed by atoms with Gasteiger partial charge in [-0.1, -0.05) is 36.4 Å². The Morgan fingerprint density at radius 3 is 2.86 bits per heavy atom. The molecule has 3 rings (SSSR count). The van der Waals surface area contributed by atoms with Crippen LogP contribution in [0.25, 0.3) is 22.9 Å². The summed E-state index contributed by atoms with van der Waals surface area (Å²) in [4.78, 5) is 4.46. The number of nitrogens with zero attached hydrogens (tertiary/aromatic N) is 1. The molecule has 0 fully saturated rings. The van der Waals surface area contributed by atoms with E-state index in [4.69, 9.17) is 0 Å². The van der Waals surface area contributed by atoms with E-state index in [1.807, 2.05) is 6.20 Å². The van der Waals surface area contributed by atoms with Gasteiger partial charge < -0.3 is 0 Å². The number of aromatic nitrogens is 1. The van der Waals surface area contributed by atoms with Crippen molar-refractivity contribution in [1.29, 1.82) is 0 Å². The van der Waals surface area contributed by atoms with Crippen LogP contribution in [0.1, 0.15) is 12.8 Å². The van der Waals surface area contributed by atoms with Gasteiger partial charge in [0.15, 0.2) is 0 Å². The smallest absolute Gasteiger partial charge is 0.0665 e. The molecule has 0 amide bonds. The molecular formula is C13H11N. The Kier molecular flexibility index (Phi) is 1.63. The number of hydrogen-bond donors (Lipinski definition) is 0. The molecule has 1 nitrogen and oxygen atoms in total. The molecule has 0 unspecified atom stereocenters. The predicted molar refractivity (Wildman–Crippen MR) is 59.2 cm³/mol. The molecule has 1 heteroatoms. The van der Waals surface area contributed by atoms with Crippen molar-refractivity contribution >= 4 is 22.9 Å². The van der Waals surface area contributed by atoms with E-state index >= 15 is 0 Å². The normalized spacial score (nSPS) is 14.3. The minimum absolute atomic E-state index is 1.12.